The molecule has 0 spiro atoms. The minimum absolute atomic E-state index is 0.00540. The van der Waals surface area contributed by atoms with Crippen LogP contribution in [0.5, 0.6) is 0 Å². The van der Waals surface area contributed by atoms with Crippen LogP contribution in [0.4, 0.5) is 0 Å². The standard InChI is InChI=1S/C6H10ClNO/c7-5-3-1-2-4-8-6(5)9/h5H,1-4H2,(H,8,9)/t5-/m0/s1. The zero-order valence-electron chi connectivity index (χ0n) is 5.19. The van der Waals surface area contributed by atoms with Gasteiger partial charge in [0.2, 0.25) is 5.91 Å². The first-order valence-corrected chi connectivity index (χ1v) is 3.66. The van der Waals surface area contributed by atoms with E-state index in [0.29, 0.717) is 0 Å². The summed E-state index contributed by atoms with van der Waals surface area (Å²) in [6.45, 7) is 0.794. The summed E-state index contributed by atoms with van der Waals surface area (Å²) in [6, 6.07) is 0. The summed E-state index contributed by atoms with van der Waals surface area (Å²) in [5.74, 6) is -0.00540. The monoisotopic (exact) mass is 147 g/mol. The summed E-state index contributed by atoms with van der Waals surface area (Å²) in [4.78, 5) is 10.8. The zero-order valence-corrected chi connectivity index (χ0v) is 5.95. The Hall–Kier alpha value is -0.240. The lowest BCUT2D eigenvalue weighted by molar-refractivity contribution is -0.120. The zero-order chi connectivity index (χ0) is 6.69. The number of hydrogen-bond donors (Lipinski definition) is 1. The predicted octanol–water partition coefficient (Wildman–Crippen LogP) is 0.894. The Morgan fingerprint density at radius 3 is 3.11 bits per heavy atom. The van der Waals surface area contributed by atoms with E-state index in [4.69, 9.17) is 11.6 Å². The van der Waals surface area contributed by atoms with Gasteiger partial charge in [-0.3, -0.25) is 4.79 Å². The molecule has 0 aromatic heterocycles. The summed E-state index contributed by atoms with van der Waals surface area (Å²) < 4.78 is 0. The Kier molecular flexibility index (Phi) is 2.34. The Balaban J connectivity index is 2.41. The number of rotatable bonds is 0. The van der Waals surface area contributed by atoms with Crippen molar-refractivity contribution >= 4 is 17.5 Å². The molecular weight excluding hydrogens is 138 g/mol. The topological polar surface area (TPSA) is 29.1 Å². The van der Waals surface area contributed by atoms with Gasteiger partial charge in [-0.25, -0.2) is 0 Å². The average Bonchev–Trinajstić information content (AvgIpc) is 1.99. The van der Waals surface area contributed by atoms with Crippen LogP contribution in [0.1, 0.15) is 19.3 Å². The normalized spacial score (nSPS) is 29.0. The van der Waals surface area contributed by atoms with Gasteiger partial charge in [0.15, 0.2) is 0 Å². The van der Waals surface area contributed by atoms with Crippen LogP contribution in [0, 0.1) is 0 Å². The maximum atomic E-state index is 10.8. The first-order chi connectivity index (χ1) is 4.30. The highest BCUT2D eigenvalue weighted by atomic mass is 35.5. The lowest BCUT2D eigenvalue weighted by Crippen LogP contribution is -2.29. The number of amides is 1. The highest BCUT2D eigenvalue weighted by molar-refractivity contribution is 6.30. The van der Waals surface area contributed by atoms with Crippen molar-refractivity contribution < 1.29 is 4.79 Å². The maximum Gasteiger partial charge on any atom is 0.238 e. The van der Waals surface area contributed by atoms with Gasteiger partial charge in [-0.2, -0.15) is 0 Å². The van der Waals surface area contributed by atoms with Crippen LogP contribution < -0.4 is 5.32 Å². The summed E-state index contributed by atoms with van der Waals surface area (Å²) in [7, 11) is 0. The van der Waals surface area contributed by atoms with E-state index < -0.39 is 0 Å². The second-order valence-corrected chi connectivity index (χ2v) is 2.78. The van der Waals surface area contributed by atoms with Crippen molar-refractivity contribution in [3.05, 3.63) is 0 Å². The third-order valence-corrected chi connectivity index (χ3v) is 1.88. The number of nitrogens with one attached hydrogen (secondary N) is 1. The molecule has 3 heteroatoms. The van der Waals surface area contributed by atoms with E-state index in [1.54, 1.807) is 0 Å². The molecule has 1 N–H and O–H groups in total. The first-order valence-electron chi connectivity index (χ1n) is 3.22. The molecule has 0 saturated carbocycles. The molecule has 1 fully saturated rings. The highest BCUT2D eigenvalue weighted by Gasteiger charge is 2.16. The smallest absolute Gasteiger partial charge is 0.238 e. The minimum atomic E-state index is -0.285. The molecule has 1 rings (SSSR count). The van der Waals surface area contributed by atoms with Gasteiger partial charge in [0.05, 0.1) is 0 Å². The molecule has 1 aliphatic heterocycles. The minimum Gasteiger partial charge on any atom is -0.355 e. The van der Waals surface area contributed by atoms with Crippen molar-refractivity contribution in [2.24, 2.45) is 0 Å². The number of hydrogen-bond acceptors (Lipinski definition) is 1. The molecule has 0 bridgehead atoms. The van der Waals surface area contributed by atoms with Gasteiger partial charge in [0, 0.05) is 6.54 Å². The van der Waals surface area contributed by atoms with Crippen LogP contribution >= 0.6 is 11.6 Å². The van der Waals surface area contributed by atoms with E-state index in [2.05, 4.69) is 5.32 Å². The number of carbonyl (C=O) groups is 1. The Bertz CT molecular complexity index is 116. The third kappa shape index (κ3) is 1.86. The molecule has 0 aromatic rings. The lowest BCUT2D eigenvalue weighted by atomic mass is 10.2. The summed E-state index contributed by atoms with van der Waals surface area (Å²) in [5, 5.41) is 2.44. The van der Waals surface area contributed by atoms with E-state index in [1.807, 2.05) is 0 Å². The van der Waals surface area contributed by atoms with Gasteiger partial charge in [-0.15, -0.1) is 11.6 Å². The van der Waals surface area contributed by atoms with E-state index in [0.717, 1.165) is 25.8 Å². The van der Waals surface area contributed by atoms with Crippen molar-refractivity contribution in [2.75, 3.05) is 6.54 Å². The average molecular weight is 148 g/mol. The van der Waals surface area contributed by atoms with Crippen LogP contribution in [0.3, 0.4) is 0 Å². The maximum absolute atomic E-state index is 10.8. The van der Waals surface area contributed by atoms with E-state index >= 15 is 0 Å². The summed E-state index contributed by atoms with van der Waals surface area (Å²) in [6.07, 6.45) is 2.95. The predicted molar refractivity (Wildman–Crippen MR) is 36.5 cm³/mol. The van der Waals surface area contributed by atoms with Crippen molar-refractivity contribution in [1.29, 1.82) is 0 Å². The lowest BCUT2D eigenvalue weighted by Gasteiger charge is -2.01. The molecule has 0 unspecified atom stereocenters. The molecule has 52 valence electrons. The quantitative estimate of drug-likeness (QED) is 0.507. The number of halogens is 1. The number of carbonyl (C=O) groups excluding carboxylic acids is 1. The second kappa shape index (κ2) is 3.06. The second-order valence-electron chi connectivity index (χ2n) is 2.25. The Morgan fingerprint density at radius 2 is 2.33 bits per heavy atom. The van der Waals surface area contributed by atoms with Gasteiger partial charge in [0.25, 0.3) is 0 Å². The highest BCUT2D eigenvalue weighted by Crippen LogP contribution is 2.10. The van der Waals surface area contributed by atoms with Crippen molar-refractivity contribution in [1.82, 2.24) is 5.32 Å². The van der Waals surface area contributed by atoms with Gasteiger partial charge in [-0.05, 0) is 19.3 Å². The molecule has 2 nitrogen and oxygen atoms in total. The molecule has 1 aliphatic rings. The van der Waals surface area contributed by atoms with Gasteiger partial charge in [0.1, 0.15) is 5.38 Å². The summed E-state index contributed by atoms with van der Waals surface area (Å²) >= 11 is 5.66. The Morgan fingerprint density at radius 1 is 1.56 bits per heavy atom. The van der Waals surface area contributed by atoms with Crippen LogP contribution in [-0.4, -0.2) is 17.8 Å². The SMILES string of the molecule is O=C1NCCCC[C@@H]1Cl. The Labute approximate surface area is 59.6 Å². The molecule has 0 radical (unpaired) electrons. The fraction of sp³-hybridized carbons (Fsp3) is 0.833. The van der Waals surface area contributed by atoms with E-state index in [-0.39, 0.29) is 11.3 Å². The molecule has 0 aliphatic carbocycles. The molecule has 9 heavy (non-hydrogen) atoms. The fourth-order valence-corrected chi connectivity index (χ4v) is 1.13. The first kappa shape index (κ1) is 6.87. The summed E-state index contributed by atoms with van der Waals surface area (Å²) in [5.41, 5.74) is 0. The fourth-order valence-electron chi connectivity index (χ4n) is 0.902. The van der Waals surface area contributed by atoms with Crippen molar-refractivity contribution in [3.8, 4) is 0 Å². The van der Waals surface area contributed by atoms with E-state index in [1.165, 1.54) is 0 Å². The van der Waals surface area contributed by atoms with Crippen LogP contribution in [0.25, 0.3) is 0 Å². The molecule has 0 aromatic carbocycles. The molecule has 1 heterocycles. The molecular formula is C6H10ClNO. The molecule has 1 atom stereocenters. The van der Waals surface area contributed by atoms with E-state index in [9.17, 15) is 4.79 Å². The van der Waals surface area contributed by atoms with Crippen molar-refractivity contribution in [2.45, 2.75) is 24.6 Å². The molecule has 1 saturated heterocycles. The largest absolute Gasteiger partial charge is 0.355 e. The number of alkyl halides is 1. The molecule has 1 amide bonds. The van der Waals surface area contributed by atoms with Crippen LogP contribution in [0.2, 0.25) is 0 Å². The van der Waals surface area contributed by atoms with Gasteiger partial charge in [-0.1, -0.05) is 0 Å². The van der Waals surface area contributed by atoms with Crippen molar-refractivity contribution in [3.63, 3.8) is 0 Å². The van der Waals surface area contributed by atoms with Gasteiger partial charge < -0.3 is 5.32 Å². The van der Waals surface area contributed by atoms with Crippen LogP contribution in [0.15, 0.2) is 0 Å². The van der Waals surface area contributed by atoms with Gasteiger partial charge >= 0.3 is 0 Å². The van der Waals surface area contributed by atoms with Crippen LogP contribution in [-0.2, 0) is 4.79 Å². The third-order valence-electron chi connectivity index (χ3n) is 1.47.